The van der Waals surface area contributed by atoms with Gasteiger partial charge >= 0.3 is 24.3 Å². The Labute approximate surface area is 198 Å². The van der Waals surface area contributed by atoms with E-state index < -0.39 is 24.3 Å². The molecule has 1 aromatic rings. The van der Waals surface area contributed by atoms with Gasteiger partial charge in [-0.15, -0.1) is 0 Å². The molecule has 200 valence electrons. The molecule has 3 heterocycles. The number of carboxylic acid groups (broad SMARTS) is 2. The Hall–Kier alpha value is -2.45. The summed E-state index contributed by atoms with van der Waals surface area (Å²) in [4.78, 5) is 27.1. The molecule has 2 aliphatic rings. The Morgan fingerprint density at radius 3 is 2.00 bits per heavy atom. The molecule has 1 aromatic heterocycles. The molecule has 2 saturated heterocycles. The zero-order valence-electron chi connectivity index (χ0n) is 19.1. The number of pyridine rings is 1. The highest BCUT2D eigenvalue weighted by molar-refractivity contribution is 5.73. The summed E-state index contributed by atoms with van der Waals surface area (Å²) in [6.45, 7) is 9.85. The topological polar surface area (TPSA) is 103 Å². The van der Waals surface area contributed by atoms with Crippen molar-refractivity contribution in [2.45, 2.75) is 50.7 Å². The molecule has 2 aliphatic heterocycles. The zero-order valence-corrected chi connectivity index (χ0v) is 19.1. The van der Waals surface area contributed by atoms with E-state index >= 15 is 0 Å². The van der Waals surface area contributed by atoms with Crippen LogP contribution in [-0.2, 0) is 20.9 Å². The van der Waals surface area contributed by atoms with Crippen molar-refractivity contribution >= 4 is 11.9 Å². The van der Waals surface area contributed by atoms with E-state index in [0.717, 1.165) is 26.2 Å². The lowest BCUT2D eigenvalue weighted by Gasteiger charge is -2.47. The number of aliphatic carboxylic acids is 2. The quantitative estimate of drug-likeness (QED) is 0.586. The van der Waals surface area contributed by atoms with E-state index in [0.29, 0.717) is 0 Å². The van der Waals surface area contributed by atoms with Crippen molar-refractivity contribution in [3.05, 3.63) is 30.1 Å². The zero-order chi connectivity index (χ0) is 26.7. The van der Waals surface area contributed by atoms with Crippen LogP contribution in [0.3, 0.4) is 0 Å². The SMILES string of the molecule is CCCN1CCC2(CC1)CN(Cc1cccnc1)CCO2.O=C(O)C(F)(F)F.O=C(O)C(F)(F)F. The summed E-state index contributed by atoms with van der Waals surface area (Å²) in [7, 11) is 0. The standard InChI is InChI=1S/C17H27N3O.2C2HF3O2/c1-2-8-19-9-5-17(6-10-19)15-20(11-12-21-17)14-16-4-3-7-18-13-16;2*3-2(4,5)1(6)7/h3-4,7,13H,2,5-6,8-12,14-15H2,1H3;2*(H,6,7). The number of hydrogen-bond acceptors (Lipinski definition) is 6. The molecule has 0 radical (unpaired) electrons. The third kappa shape index (κ3) is 11.7. The molecule has 0 bridgehead atoms. The van der Waals surface area contributed by atoms with Gasteiger partial charge in [0.15, 0.2) is 0 Å². The van der Waals surface area contributed by atoms with Crippen LogP contribution >= 0.6 is 0 Å². The predicted molar refractivity (Wildman–Crippen MR) is 112 cm³/mol. The number of carbonyl (C=O) groups is 2. The Kier molecular flexibility index (Phi) is 11.9. The van der Waals surface area contributed by atoms with E-state index in [1.165, 1.54) is 44.5 Å². The summed E-state index contributed by atoms with van der Waals surface area (Å²) >= 11 is 0. The summed E-state index contributed by atoms with van der Waals surface area (Å²) in [5.74, 6) is -5.51. The maximum Gasteiger partial charge on any atom is 0.490 e. The van der Waals surface area contributed by atoms with Crippen molar-refractivity contribution in [2.75, 3.05) is 39.3 Å². The van der Waals surface area contributed by atoms with Crippen LogP contribution in [0.2, 0.25) is 0 Å². The fourth-order valence-corrected chi connectivity index (χ4v) is 3.61. The first-order valence-corrected chi connectivity index (χ1v) is 10.8. The highest BCUT2D eigenvalue weighted by atomic mass is 19.4. The lowest BCUT2D eigenvalue weighted by atomic mass is 9.89. The molecule has 2 N–H and O–H groups in total. The lowest BCUT2D eigenvalue weighted by Crippen LogP contribution is -2.56. The smallest absolute Gasteiger partial charge is 0.475 e. The van der Waals surface area contributed by atoms with Crippen LogP contribution in [0, 0.1) is 0 Å². The highest BCUT2D eigenvalue weighted by Crippen LogP contribution is 2.30. The van der Waals surface area contributed by atoms with E-state index in [4.69, 9.17) is 24.5 Å². The Balaban J connectivity index is 0.000000362. The lowest BCUT2D eigenvalue weighted by molar-refractivity contribution is -0.193. The third-order valence-corrected chi connectivity index (χ3v) is 5.25. The molecule has 0 saturated carbocycles. The van der Waals surface area contributed by atoms with Crippen LogP contribution in [0.4, 0.5) is 26.3 Å². The average molecular weight is 517 g/mol. The number of rotatable bonds is 4. The first-order valence-electron chi connectivity index (χ1n) is 10.8. The van der Waals surface area contributed by atoms with Crippen molar-refractivity contribution < 1.29 is 50.9 Å². The number of alkyl halides is 6. The fourth-order valence-electron chi connectivity index (χ4n) is 3.61. The van der Waals surface area contributed by atoms with Gasteiger partial charge in [0.25, 0.3) is 0 Å². The van der Waals surface area contributed by atoms with E-state index in [1.54, 1.807) is 0 Å². The third-order valence-electron chi connectivity index (χ3n) is 5.25. The van der Waals surface area contributed by atoms with Crippen LogP contribution in [0.25, 0.3) is 0 Å². The minimum absolute atomic E-state index is 0.102. The minimum atomic E-state index is -5.08. The first-order chi connectivity index (χ1) is 16.2. The van der Waals surface area contributed by atoms with Crippen LogP contribution < -0.4 is 0 Å². The Morgan fingerprint density at radius 2 is 1.57 bits per heavy atom. The number of nitrogens with zero attached hydrogens (tertiary/aromatic N) is 3. The second-order valence-electron chi connectivity index (χ2n) is 8.05. The van der Waals surface area contributed by atoms with Crippen molar-refractivity contribution in [2.24, 2.45) is 0 Å². The molecular formula is C21H29F6N3O5. The van der Waals surface area contributed by atoms with Gasteiger partial charge in [-0.1, -0.05) is 13.0 Å². The van der Waals surface area contributed by atoms with E-state index in [1.807, 2.05) is 18.5 Å². The first kappa shape index (κ1) is 30.6. The molecule has 0 unspecified atom stereocenters. The van der Waals surface area contributed by atoms with Gasteiger partial charge in [-0.05, 0) is 37.4 Å². The van der Waals surface area contributed by atoms with Gasteiger partial charge in [-0.2, -0.15) is 26.3 Å². The summed E-state index contributed by atoms with van der Waals surface area (Å²) in [6.07, 6.45) is -2.74. The van der Waals surface area contributed by atoms with Gasteiger partial charge in [0.1, 0.15) is 0 Å². The maximum atomic E-state index is 10.6. The molecule has 1 spiro atoms. The van der Waals surface area contributed by atoms with Crippen LogP contribution in [0.1, 0.15) is 31.7 Å². The highest BCUT2D eigenvalue weighted by Gasteiger charge is 2.40. The maximum absolute atomic E-state index is 10.6. The number of ether oxygens (including phenoxy) is 1. The van der Waals surface area contributed by atoms with Crippen LogP contribution in [-0.4, -0.2) is 94.2 Å². The Bertz CT molecular complexity index is 760. The number of hydrogen-bond donors (Lipinski definition) is 2. The molecule has 0 aliphatic carbocycles. The van der Waals surface area contributed by atoms with Gasteiger partial charge in [0.2, 0.25) is 0 Å². The van der Waals surface area contributed by atoms with Crippen molar-refractivity contribution in [1.82, 2.24) is 14.8 Å². The minimum Gasteiger partial charge on any atom is -0.475 e. The van der Waals surface area contributed by atoms with Gasteiger partial charge in [-0.3, -0.25) is 9.88 Å². The van der Waals surface area contributed by atoms with E-state index in [9.17, 15) is 26.3 Å². The van der Waals surface area contributed by atoms with Gasteiger partial charge in [0, 0.05) is 45.1 Å². The molecule has 35 heavy (non-hydrogen) atoms. The van der Waals surface area contributed by atoms with Gasteiger partial charge < -0.3 is 19.8 Å². The summed E-state index contributed by atoms with van der Waals surface area (Å²) < 4.78 is 69.7. The Morgan fingerprint density at radius 1 is 1.03 bits per heavy atom. The average Bonchev–Trinajstić information content (AvgIpc) is 2.76. The normalized spacial score (nSPS) is 18.6. The number of piperidine rings is 1. The number of likely N-dealkylation sites (tertiary alicyclic amines) is 1. The van der Waals surface area contributed by atoms with Gasteiger partial charge in [-0.25, -0.2) is 9.59 Å². The molecular weight excluding hydrogens is 488 g/mol. The second-order valence-corrected chi connectivity index (χ2v) is 8.05. The summed E-state index contributed by atoms with van der Waals surface area (Å²) in [6, 6.07) is 4.19. The molecule has 14 heteroatoms. The molecule has 0 atom stereocenters. The van der Waals surface area contributed by atoms with E-state index in [2.05, 4.69) is 27.8 Å². The molecule has 0 amide bonds. The van der Waals surface area contributed by atoms with Gasteiger partial charge in [0.05, 0.1) is 12.2 Å². The van der Waals surface area contributed by atoms with Crippen molar-refractivity contribution in [1.29, 1.82) is 0 Å². The van der Waals surface area contributed by atoms with Crippen LogP contribution in [0.5, 0.6) is 0 Å². The fraction of sp³-hybridized carbons (Fsp3) is 0.667. The molecule has 3 rings (SSSR count). The second kappa shape index (κ2) is 13.6. The predicted octanol–water partition coefficient (Wildman–Crippen LogP) is 3.43. The molecule has 0 aromatic carbocycles. The number of carboxylic acids is 2. The number of halogens is 6. The molecule has 2 fully saturated rings. The van der Waals surface area contributed by atoms with Crippen molar-refractivity contribution in [3.63, 3.8) is 0 Å². The number of morpholine rings is 1. The largest absolute Gasteiger partial charge is 0.490 e. The van der Waals surface area contributed by atoms with Crippen LogP contribution in [0.15, 0.2) is 24.5 Å². The van der Waals surface area contributed by atoms with E-state index in [-0.39, 0.29) is 5.60 Å². The summed E-state index contributed by atoms with van der Waals surface area (Å²) in [5.41, 5.74) is 1.41. The monoisotopic (exact) mass is 517 g/mol. The summed E-state index contributed by atoms with van der Waals surface area (Å²) in [5, 5.41) is 14.2. The van der Waals surface area contributed by atoms with Crippen molar-refractivity contribution in [3.8, 4) is 0 Å². The molecule has 8 nitrogen and oxygen atoms in total. The number of aromatic nitrogens is 1.